The molecule has 1 aliphatic heterocycles. The van der Waals surface area contributed by atoms with Crippen LogP contribution in [0.5, 0.6) is 0 Å². The lowest BCUT2D eigenvalue weighted by molar-refractivity contribution is -0.123. The maximum Gasteiger partial charge on any atom is 0.241 e. The number of aryl methyl sites for hydroxylation is 1. The molecule has 0 spiro atoms. The van der Waals surface area contributed by atoms with E-state index < -0.39 is 16.1 Å². The number of hydrogen-bond donors (Lipinski definition) is 3. The van der Waals surface area contributed by atoms with Gasteiger partial charge in [0.25, 0.3) is 0 Å². The van der Waals surface area contributed by atoms with Gasteiger partial charge in [0.2, 0.25) is 21.8 Å². The number of hydrogen-bond acceptors (Lipinski definition) is 4. The Kier molecular flexibility index (Phi) is 9.24. The lowest BCUT2D eigenvalue weighted by atomic mass is 9.99. The normalized spacial score (nSPS) is 15.2. The highest BCUT2D eigenvalue weighted by atomic mass is 32.2. The molecule has 3 rings (SSSR count). The number of fused-ring (bicyclic) bond motifs is 1. The van der Waals surface area contributed by atoms with Crippen molar-refractivity contribution in [2.24, 2.45) is 5.92 Å². The third-order valence-corrected chi connectivity index (χ3v) is 7.76. The number of anilines is 1. The Labute approximate surface area is 202 Å². The van der Waals surface area contributed by atoms with Crippen molar-refractivity contribution in [3.05, 3.63) is 59.7 Å². The number of sulfonamides is 1. The molecule has 0 saturated heterocycles. The molecular weight excluding hydrogens is 450 g/mol. The first-order valence-corrected chi connectivity index (χ1v) is 13.6. The first-order valence-electron chi connectivity index (χ1n) is 12.1. The average Bonchev–Trinajstić information content (AvgIpc) is 2.83. The largest absolute Gasteiger partial charge is 0.354 e. The Bertz CT molecular complexity index is 1090. The molecule has 0 fully saturated rings. The van der Waals surface area contributed by atoms with Crippen molar-refractivity contribution < 1.29 is 18.0 Å². The highest BCUT2D eigenvalue weighted by Gasteiger charge is 2.27. The van der Waals surface area contributed by atoms with Gasteiger partial charge in [0.15, 0.2) is 0 Å². The summed E-state index contributed by atoms with van der Waals surface area (Å²) < 4.78 is 29.1. The van der Waals surface area contributed by atoms with Gasteiger partial charge in [-0.25, -0.2) is 8.42 Å². The molecule has 8 heteroatoms. The summed E-state index contributed by atoms with van der Waals surface area (Å²) in [6.45, 7) is 4.78. The van der Waals surface area contributed by atoms with Crippen molar-refractivity contribution in [3.63, 3.8) is 0 Å². The van der Waals surface area contributed by atoms with Gasteiger partial charge in [0.1, 0.15) is 6.04 Å². The van der Waals surface area contributed by atoms with Gasteiger partial charge in [0.05, 0.1) is 4.90 Å². The second-order valence-electron chi connectivity index (χ2n) is 8.89. The third-order valence-electron chi connectivity index (χ3n) is 6.29. The van der Waals surface area contributed by atoms with E-state index in [4.69, 9.17) is 0 Å². The van der Waals surface area contributed by atoms with Crippen LogP contribution in [0.25, 0.3) is 0 Å². The Morgan fingerprint density at radius 3 is 2.56 bits per heavy atom. The van der Waals surface area contributed by atoms with E-state index in [0.717, 1.165) is 36.8 Å². The fourth-order valence-electron chi connectivity index (χ4n) is 4.13. The van der Waals surface area contributed by atoms with Gasteiger partial charge in [-0.2, -0.15) is 4.72 Å². The number of amides is 2. The second-order valence-corrected chi connectivity index (χ2v) is 10.6. The lowest BCUT2D eigenvalue weighted by Crippen LogP contribution is -2.48. The number of benzene rings is 2. The minimum atomic E-state index is -3.95. The predicted octanol–water partition coefficient (Wildman–Crippen LogP) is 3.79. The molecule has 184 valence electrons. The Morgan fingerprint density at radius 2 is 1.85 bits per heavy atom. The topological polar surface area (TPSA) is 104 Å². The maximum atomic E-state index is 13.2. The van der Waals surface area contributed by atoms with Crippen LogP contribution in [0.3, 0.4) is 0 Å². The molecule has 2 atom stereocenters. The molecule has 2 aromatic rings. The number of unbranched alkanes of at least 4 members (excludes halogenated alkanes) is 1. The summed E-state index contributed by atoms with van der Waals surface area (Å²) in [5.41, 5.74) is 2.27. The SMILES string of the molecule is CCCC[C@H](CC)CNC(=O)[C@H](Cc1ccccc1)NS(=O)(=O)c1ccc2c(c1)CCC(=O)N2. The van der Waals surface area contributed by atoms with Gasteiger partial charge >= 0.3 is 0 Å². The molecule has 2 aromatic carbocycles. The zero-order valence-electron chi connectivity index (χ0n) is 20.0. The van der Waals surface area contributed by atoms with Crippen molar-refractivity contribution in [1.82, 2.24) is 10.0 Å². The summed E-state index contributed by atoms with van der Waals surface area (Å²) in [7, 11) is -3.95. The molecule has 34 heavy (non-hydrogen) atoms. The quantitative estimate of drug-likeness (QED) is 0.425. The molecule has 0 aromatic heterocycles. The molecule has 2 amide bonds. The third kappa shape index (κ3) is 7.14. The molecule has 0 bridgehead atoms. The zero-order valence-corrected chi connectivity index (χ0v) is 20.8. The van der Waals surface area contributed by atoms with Crippen LogP contribution >= 0.6 is 0 Å². The van der Waals surface area contributed by atoms with Crippen LogP contribution in [0.2, 0.25) is 0 Å². The summed E-state index contributed by atoms with van der Waals surface area (Å²) >= 11 is 0. The summed E-state index contributed by atoms with van der Waals surface area (Å²) in [6.07, 6.45) is 5.25. The van der Waals surface area contributed by atoms with Gasteiger partial charge in [-0.15, -0.1) is 0 Å². The van der Waals surface area contributed by atoms with E-state index >= 15 is 0 Å². The summed E-state index contributed by atoms with van der Waals surface area (Å²) in [5.74, 6) is -0.0357. The number of carbonyl (C=O) groups is 2. The van der Waals surface area contributed by atoms with E-state index in [-0.39, 0.29) is 23.1 Å². The van der Waals surface area contributed by atoms with Crippen molar-refractivity contribution in [3.8, 4) is 0 Å². The molecule has 3 N–H and O–H groups in total. The zero-order chi connectivity index (χ0) is 24.6. The van der Waals surface area contributed by atoms with Crippen LogP contribution in [0.15, 0.2) is 53.4 Å². The van der Waals surface area contributed by atoms with E-state index in [0.29, 0.717) is 31.0 Å². The standard InChI is InChI=1S/C26H35N3O4S/c1-3-5-9-19(4-2)18-27-26(31)24(16-20-10-7-6-8-11-20)29-34(32,33)22-13-14-23-21(17-22)12-15-25(30)28-23/h6-8,10-11,13-14,17,19,24,29H,3-5,9,12,15-16,18H2,1-2H3,(H,27,31)(H,28,30)/t19-,24-/m0/s1. The summed E-state index contributed by atoms with van der Waals surface area (Å²) in [6, 6.07) is 13.1. The van der Waals surface area contributed by atoms with Crippen molar-refractivity contribution in [2.45, 2.75) is 69.7 Å². The average molecular weight is 486 g/mol. The lowest BCUT2D eigenvalue weighted by Gasteiger charge is -2.22. The van der Waals surface area contributed by atoms with Gasteiger partial charge in [0, 0.05) is 18.7 Å². The van der Waals surface area contributed by atoms with Crippen LogP contribution in [-0.2, 0) is 32.5 Å². The first kappa shape index (κ1) is 25.9. The molecule has 0 radical (unpaired) electrons. The van der Waals surface area contributed by atoms with Crippen LogP contribution < -0.4 is 15.4 Å². The fraction of sp³-hybridized carbons (Fsp3) is 0.462. The Morgan fingerprint density at radius 1 is 1.09 bits per heavy atom. The Hall–Kier alpha value is -2.71. The van der Waals surface area contributed by atoms with Gasteiger partial charge in [-0.05, 0) is 54.5 Å². The molecule has 1 aliphatic rings. The van der Waals surface area contributed by atoms with Crippen LogP contribution in [0, 0.1) is 5.92 Å². The molecule has 0 saturated carbocycles. The van der Waals surface area contributed by atoms with E-state index in [9.17, 15) is 18.0 Å². The monoisotopic (exact) mass is 485 g/mol. The van der Waals surface area contributed by atoms with E-state index in [1.54, 1.807) is 12.1 Å². The number of carbonyl (C=O) groups excluding carboxylic acids is 2. The highest BCUT2D eigenvalue weighted by Crippen LogP contribution is 2.25. The van der Waals surface area contributed by atoms with Crippen molar-refractivity contribution >= 4 is 27.5 Å². The molecule has 0 unspecified atom stereocenters. The number of rotatable bonds is 12. The Balaban J connectivity index is 1.77. The first-order chi connectivity index (χ1) is 16.3. The summed E-state index contributed by atoms with van der Waals surface area (Å²) in [5, 5.41) is 5.74. The van der Waals surface area contributed by atoms with Gasteiger partial charge < -0.3 is 10.6 Å². The molecular formula is C26H35N3O4S. The molecule has 1 heterocycles. The fourth-order valence-corrected chi connectivity index (χ4v) is 5.38. The van der Waals surface area contributed by atoms with Crippen molar-refractivity contribution in [1.29, 1.82) is 0 Å². The van der Waals surface area contributed by atoms with Crippen LogP contribution in [0.4, 0.5) is 5.69 Å². The second kappa shape index (κ2) is 12.1. The number of nitrogens with one attached hydrogen (secondary N) is 3. The van der Waals surface area contributed by atoms with E-state index in [2.05, 4.69) is 29.2 Å². The van der Waals surface area contributed by atoms with E-state index in [1.807, 2.05) is 30.3 Å². The smallest absolute Gasteiger partial charge is 0.241 e. The van der Waals surface area contributed by atoms with Crippen LogP contribution in [-0.4, -0.2) is 32.8 Å². The van der Waals surface area contributed by atoms with Gasteiger partial charge in [-0.3, -0.25) is 9.59 Å². The summed E-state index contributed by atoms with van der Waals surface area (Å²) in [4.78, 5) is 24.8. The van der Waals surface area contributed by atoms with Crippen LogP contribution in [0.1, 0.15) is 57.1 Å². The van der Waals surface area contributed by atoms with E-state index in [1.165, 1.54) is 6.07 Å². The van der Waals surface area contributed by atoms with Crippen molar-refractivity contribution in [2.75, 3.05) is 11.9 Å². The minimum absolute atomic E-state index is 0.0786. The minimum Gasteiger partial charge on any atom is -0.354 e. The molecule has 0 aliphatic carbocycles. The highest BCUT2D eigenvalue weighted by molar-refractivity contribution is 7.89. The molecule has 7 nitrogen and oxygen atoms in total. The maximum absolute atomic E-state index is 13.2. The van der Waals surface area contributed by atoms with Gasteiger partial charge in [-0.1, -0.05) is 63.4 Å². The predicted molar refractivity (Wildman–Crippen MR) is 134 cm³/mol.